The number of hydrogen-bond donors (Lipinski definition) is 3. The minimum absolute atomic E-state index is 0.114. The molecule has 1 aromatic carbocycles. The van der Waals surface area contributed by atoms with Crippen molar-refractivity contribution >= 4 is 11.8 Å². The molecule has 7 nitrogen and oxygen atoms in total. The molecular formula is C18H20O7. The molecule has 1 aromatic rings. The second-order valence-corrected chi connectivity index (χ2v) is 6.47. The lowest BCUT2D eigenvalue weighted by molar-refractivity contribution is -0.114. The van der Waals surface area contributed by atoms with Crippen LogP contribution < -0.4 is 0 Å². The molecule has 134 valence electrons. The molecule has 1 fully saturated rings. The molecule has 3 N–H and O–H groups in total. The number of aliphatic hydroxyl groups is 1. The molecule has 0 bridgehead atoms. The molecule has 0 radical (unpaired) electrons. The van der Waals surface area contributed by atoms with Crippen LogP contribution in [0.25, 0.3) is 0 Å². The zero-order valence-electron chi connectivity index (χ0n) is 13.7. The predicted molar refractivity (Wildman–Crippen MR) is 86.4 cm³/mol. The molecule has 0 aromatic heterocycles. The van der Waals surface area contributed by atoms with Crippen LogP contribution in [0.15, 0.2) is 24.3 Å². The van der Waals surface area contributed by atoms with Crippen molar-refractivity contribution in [2.45, 2.75) is 50.6 Å². The van der Waals surface area contributed by atoms with E-state index in [2.05, 4.69) is 0 Å². The fourth-order valence-electron chi connectivity index (χ4n) is 3.04. The van der Waals surface area contributed by atoms with E-state index in [9.17, 15) is 24.9 Å². The first-order valence-electron chi connectivity index (χ1n) is 8.14. The molecule has 0 amide bonds. The summed E-state index contributed by atoms with van der Waals surface area (Å²) < 4.78 is 10.8. The smallest absolute Gasteiger partial charge is 0.342 e. The number of benzene rings is 1. The highest BCUT2D eigenvalue weighted by molar-refractivity contribution is 5.98. The summed E-state index contributed by atoms with van der Waals surface area (Å²) in [6.45, 7) is 1.71. The molecular weight excluding hydrogens is 328 g/mol. The standard InChI is InChI=1S/C18H20O7/c1-9-4-15-16(25-15)8-12(20)3-2-11(19)5-10-6-13(21)7-14(22)17(10)18(23)24-9/h2-3,6-7,9,12,15-16,20-22H,4-5,8H2,1H3/b3-2-/t9-,12-,15-,16?/m1/s1. The molecule has 3 rings (SSSR count). The van der Waals surface area contributed by atoms with E-state index in [1.807, 2.05) is 0 Å². The Labute approximate surface area is 144 Å². The summed E-state index contributed by atoms with van der Waals surface area (Å²) in [5.74, 6) is -1.84. The summed E-state index contributed by atoms with van der Waals surface area (Å²) >= 11 is 0. The van der Waals surface area contributed by atoms with E-state index in [1.165, 1.54) is 18.2 Å². The van der Waals surface area contributed by atoms with Gasteiger partial charge in [-0.15, -0.1) is 0 Å². The fourth-order valence-corrected chi connectivity index (χ4v) is 3.04. The lowest BCUT2D eigenvalue weighted by Crippen LogP contribution is -2.20. The van der Waals surface area contributed by atoms with Crippen LogP contribution >= 0.6 is 0 Å². The first kappa shape index (κ1) is 17.4. The van der Waals surface area contributed by atoms with Crippen molar-refractivity contribution in [3.63, 3.8) is 0 Å². The largest absolute Gasteiger partial charge is 0.508 e. The van der Waals surface area contributed by atoms with Crippen molar-refractivity contribution in [1.29, 1.82) is 0 Å². The highest BCUT2D eigenvalue weighted by atomic mass is 16.6. The summed E-state index contributed by atoms with van der Waals surface area (Å²) in [5.41, 5.74) is 0.0220. The monoisotopic (exact) mass is 348 g/mol. The van der Waals surface area contributed by atoms with Crippen LogP contribution in [0.2, 0.25) is 0 Å². The molecule has 4 atom stereocenters. The maximum Gasteiger partial charge on any atom is 0.342 e. The number of carbonyl (C=O) groups excluding carboxylic acids is 2. The number of ketones is 1. The third kappa shape index (κ3) is 4.18. The maximum absolute atomic E-state index is 12.4. The number of esters is 1. The Morgan fingerprint density at radius 3 is 2.60 bits per heavy atom. The summed E-state index contributed by atoms with van der Waals surface area (Å²) in [6, 6.07) is 2.27. The van der Waals surface area contributed by atoms with Crippen LogP contribution in [-0.4, -0.2) is 51.5 Å². The topological polar surface area (TPSA) is 117 Å². The van der Waals surface area contributed by atoms with Gasteiger partial charge in [0.1, 0.15) is 23.2 Å². The molecule has 25 heavy (non-hydrogen) atoms. The number of hydrogen-bond acceptors (Lipinski definition) is 7. The maximum atomic E-state index is 12.4. The number of epoxide rings is 1. The van der Waals surface area contributed by atoms with Gasteiger partial charge in [0, 0.05) is 25.3 Å². The number of carbonyl (C=O) groups is 2. The van der Waals surface area contributed by atoms with Crippen LogP contribution in [0.4, 0.5) is 0 Å². The number of rotatable bonds is 0. The van der Waals surface area contributed by atoms with E-state index in [4.69, 9.17) is 9.47 Å². The zero-order valence-corrected chi connectivity index (χ0v) is 13.7. The second kappa shape index (κ2) is 6.85. The normalized spacial score (nSPS) is 31.3. The Hall–Kier alpha value is -2.38. The van der Waals surface area contributed by atoms with Gasteiger partial charge < -0.3 is 24.8 Å². The fraction of sp³-hybridized carbons (Fsp3) is 0.444. The number of aliphatic hydroxyl groups excluding tert-OH is 1. The van der Waals surface area contributed by atoms with Crippen LogP contribution in [0.3, 0.4) is 0 Å². The van der Waals surface area contributed by atoms with Crippen molar-refractivity contribution in [2.24, 2.45) is 0 Å². The summed E-state index contributed by atoms with van der Waals surface area (Å²) in [7, 11) is 0. The van der Waals surface area contributed by atoms with Gasteiger partial charge in [0.2, 0.25) is 0 Å². The Bertz CT molecular complexity index is 724. The highest BCUT2D eigenvalue weighted by Crippen LogP contribution is 2.33. The average molecular weight is 348 g/mol. The van der Waals surface area contributed by atoms with Gasteiger partial charge >= 0.3 is 5.97 Å². The number of allylic oxidation sites excluding steroid dienone is 1. The first-order valence-corrected chi connectivity index (χ1v) is 8.14. The molecule has 0 saturated carbocycles. The number of cyclic esters (lactones) is 1. The van der Waals surface area contributed by atoms with Crippen molar-refractivity contribution < 1.29 is 34.4 Å². The van der Waals surface area contributed by atoms with E-state index in [-0.39, 0.29) is 41.3 Å². The molecule has 1 unspecified atom stereocenters. The van der Waals surface area contributed by atoms with Crippen LogP contribution in [0, 0.1) is 0 Å². The second-order valence-electron chi connectivity index (χ2n) is 6.47. The van der Waals surface area contributed by atoms with E-state index >= 15 is 0 Å². The van der Waals surface area contributed by atoms with E-state index in [0.29, 0.717) is 12.8 Å². The van der Waals surface area contributed by atoms with Gasteiger partial charge in [0.05, 0.1) is 18.3 Å². The first-order chi connectivity index (χ1) is 11.8. The Morgan fingerprint density at radius 1 is 1.12 bits per heavy atom. The minimum Gasteiger partial charge on any atom is -0.508 e. The highest BCUT2D eigenvalue weighted by Gasteiger charge is 2.41. The Balaban J connectivity index is 1.94. The van der Waals surface area contributed by atoms with Gasteiger partial charge in [-0.05, 0) is 24.6 Å². The molecule has 0 aliphatic carbocycles. The molecule has 2 aliphatic heterocycles. The summed E-state index contributed by atoms with van der Waals surface area (Å²) in [4.78, 5) is 24.5. The summed E-state index contributed by atoms with van der Waals surface area (Å²) in [5, 5.41) is 29.6. The molecule has 7 heteroatoms. The zero-order chi connectivity index (χ0) is 18.1. The third-order valence-corrected chi connectivity index (χ3v) is 4.29. The lowest BCUT2D eigenvalue weighted by Gasteiger charge is -2.16. The van der Waals surface area contributed by atoms with Gasteiger partial charge in [-0.2, -0.15) is 0 Å². The number of phenols is 2. The van der Waals surface area contributed by atoms with E-state index in [1.54, 1.807) is 6.92 Å². The van der Waals surface area contributed by atoms with Crippen molar-refractivity contribution in [3.8, 4) is 11.5 Å². The molecule has 2 aliphatic rings. The molecule has 0 spiro atoms. The Kier molecular flexibility index (Phi) is 4.78. The SMILES string of the molecule is C[C@@H]1C[C@H]2OC2C[C@H](O)/C=C\C(=O)Cc2cc(O)cc(O)c2C(=O)O1. The number of aromatic hydroxyl groups is 2. The predicted octanol–water partition coefficient (Wildman–Crippen LogP) is 1.23. The number of ether oxygens (including phenoxy) is 2. The molecule has 1 saturated heterocycles. The number of fused-ring (bicyclic) bond motifs is 2. The van der Waals surface area contributed by atoms with Crippen molar-refractivity contribution in [2.75, 3.05) is 0 Å². The third-order valence-electron chi connectivity index (χ3n) is 4.29. The number of phenolic OH excluding ortho intramolecular Hbond substituents is 2. The van der Waals surface area contributed by atoms with Gasteiger partial charge in [0.25, 0.3) is 0 Å². The van der Waals surface area contributed by atoms with Crippen LogP contribution in [-0.2, 0) is 20.7 Å². The van der Waals surface area contributed by atoms with Crippen LogP contribution in [0.1, 0.15) is 35.7 Å². The van der Waals surface area contributed by atoms with Crippen LogP contribution in [0.5, 0.6) is 11.5 Å². The van der Waals surface area contributed by atoms with Crippen molar-refractivity contribution in [3.05, 3.63) is 35.4 Å². The lowest BCUT2D eigenvalue weighted by atomic mass is 9.99. The Morgan fingerprint density at radius 2 is 1.84 bits per heavy atom. The van der Waals surface area contributed by atoms with Crippen molar-refractivity contribution in [1.82, 2.24) is 0 Å². The van der Waals surface area contributed by atoms with Gasteiger partial charge in [-0.1, -0.05) is 6.08 Å². The van der Waals surface area contributed by atoms with Gasteiger partial charge in [-0.25, -0.2) is 4.79 Å². The van der Waals surface area contributed by atoms with Gasteiger partial charge in [0.15, 0.2) is 5.78 Å². The minimum atomic E-state index is -0.809. The van der Waals surface area contributed by atoms with E-state index < -0.39 is 23.9 Å². The van der Waals surface area contributed by atoms with Gasteiger partial charge in [-0.3, -0.25) is 4.79 Å². The van der Waals surface area contributed by atoms with E-state index in [0.717, 1.165) is 6.07 Å². The summed E-state index contributed by atoms with van der Waals surface area (Å²) in [6.07, 6.45) is 1.73. The molecule has 2 heterocycles. The quantitative estimate of drug-likeness (QED) is 0.477. The average Bonchev–Trinajstić information content (AvgIpc) is 3.20.